The number of hydrogen-bond acceptors (Lipinski definition) is 0. The molecule has 0 radical (unpaired) electrons. The molecule has 0 bridgehead atoms. The third-order valence-electron chi connectivity index (χ3n) is 3.35. The van der Waals surface area contributed by atoms with Crippen LogP contribution in [0.5, 0.6) is 0 Å². The number of hydrogen-bond donors (Lipinski definition) is 0. The van der Waals surface area contributed by atoms with Gasteiger partial charge in [-0.15, -0.1) is 0 Å². The highest BCUT2D eigenvalue weighted by Crippen LogP contribution is 2.15. The van der Waals surface area contributed by atoms with E-state index in [1.807, 2.05) is 0 Å². The zero-order chi connectivity index (χ0) is 15.8. The summed E-state index contributed by atoms with van der Waals surface area (Å²) in [4.78, 5) is 0. The van der Waals surface area contributed by atoms with Crippen LogP contribution in [0.15, 0.2) is 53.1 Å². The van der Waals surface area contributed by atoms with Crippen LogP contribution in [0.1, 0.15) is 58.2 Å². The van der Waals surface area contributed by atoms with E-state index in [9.17, 15) is 0 Å². The summed E-state index contributed by atoms with van der Waals surface area (Å²) < 4.78 is 0. The van der Waals surface area contributed by atoms with Gasteiger partial charge in [0.15, 0.2) is 0 Å². The number of rotatable bonds is 6. The van der Waals surface area contributed by atoms with Crippen molar-refractivity contribution in [2.75, 3.05) is 0 Å². The Labute approximate surface area is 131 Å². The van der Waals surface area contributed by atoms with Crippen LogP contribution in [-0.2, 0) is 19.3 Å². The Morgan fingerprint density at radius 3 is 1.00 bits per heavy atom. The van der Waals surface area contributed by atoms with Crippen LogP contribution in [0.25, 0.3) is 0 Å². The van der Waals surface area contributed by atoms with E-state index in [1.54, 1.807) is 0 Å². The average molecular weight is 282 g/mol. The predicted molar refractivity (Wildman–Crippen MR) is 95.8 cm³/mol. The third kappa shape index (κ3) is 7.70. The first-order chi connectivity index (χ1) is 9.86. The average Bonchev–Trinajstić information content (AvgIpc) is 2.40. The molecule has 21 heavy (non-hydrogen) atoms. The Hall–Kier alpha value is -1.56. The highest BCUT2D eigenvalue weighted by Gasteiger charge is 2.00. The van der Waals surface area contributed by atoms with E-state index in [0.29, 0.717) is 0 Å². The lowest BCUT2D eigenvalue weighted by molar-refractivity contribution is 1.12. The van der Waals surface area contributed by atoms with Gasteiger partial charge in [-0.3, -0.25) is 0 Å². The molecule has 0 spiro atoms. The van der Waals surface area contributed by atoms with E-state index < -0.39 is 0 Å². The second-order valence-electron chi connectivity index (χ2n) is 6.61. The molecule has 0 aliphatic heterocycles. The largest absolute Gasteiger partial charge is 0.0815 e. The second kappa shape index (κ2) is 8.67. The molecule has 0 aliphatic rings. The maximum atomic E-state index is 2.35. The molecule has 0 amide bonds. The normalized spacial score (nSPS) is 10.0. The molecule has 0 aliphatic carbocycles. The third-order valence-corrected chi connectivity index (χ3v) is 3.35. The summed E-state index contributed by atoms with van der Waals surface area (Å²) in [5, 5.41) is 0. The summed E-state index contributed by atoms with van der Waals surface area (Å²) in [6, 6.07) is 7.06. The molecule has 114 valence electrons. The summed E-state index contributed by atoms with van der Waals surface area (Å²) in [6.45, 7) is 13.0. The molecule has 0 N–H and O–H groups in total. The predicted octanol–water partition coefficient (Wildman–Crippen LogP) is 6.21. The van der Waals surface area contributed by atoms with Crippen molar-refractivity contribution in [2.45, 2.75) is 60.8 Å². The minimum atomic E-state index is 1.03. The first-order valence-electron chi connectivity index (χ1n) is 7.88. The van der Waals surface area contributed by atoms with Crippen LogP contribution >= 0.6 is 0 Å². The van der Waals surface area contributed by atoms with Crippen LogP contribution < -0.4 is 0 Å². The number of allylic oxidation sites excluding steroid dienone is 6. The summed E-state index contributed by atoms with van der Waals surface area (Å²) in [6.07, 6.45) is 10.0. The van der Waals surface area contributed by atoms with Gasteiger partial charge in [0.25, 0.3) is 0 Å². The highest BCUT2D eigenvalue weighted by molar-refractivity contribution is 5.34. The first kappa shape index (κ1) is 17.5. The smallest absolute Gasteiger partial charge is 0.00948 e. The highest BCUT2D eigenvalue weighted by atomic mass is 14.1. The molecular formula is C21H30. The van der Waals surface area contributed by atoms with Crippen molar-refractivity contribution < 1.29 is 0 Å². The van der Waals surface area contributed by atoms with Crippen LogP contribution in [0.3, 0.4) is 0 Å². The standard InChI is InChI=1S/C21H30/c1-16(2)7-10-19-13-20(11-8-17(3)4)15-21(14-19)12-9-18(5)6/h7-9,13-15H,10-12H2,1-6H3. The molecule has 0 atom stereocenters. The van der Waals surface area contributed by atoms with Gasteiger partial charge in [-0.25, -0.2) is 0 Å². The minimum Gasteiger partial charge on any atom is -0.0815 e. The van der Waals surface area contributed by atoms with E-state index in [2.05, 4.69) is 78.0 Å². The van der Waals surface area contributed by atoms with E-state index in [-0.39, 0.29) is 0 Å². The first-order valence-corrected chi connectivity index (χ1v) is 7.88. The van der Waals surface area contributed by atoms with Gasteiger partial charge >= 0.3 is 0 Å². The SMILES string of the molecule is CC(C)=CCc1cc(CC=C(C)C)cc(CC=C(C)C)c1. The summed E-state index contributed by atoms with van der Waals surface area (Å²) in [5.41, 5.74) is 8.43. The van der Waals surface area contributed by atoms with E-state index in [1.165, 1.54) is 33.4 Å². The Balaban J connectivity index is 3.03. The van der Waals surface area contributed by atoms with Gasteiger partial charge in [0.1, 0.15) is 0 Å². The van der Waals surface area contributed by atoms with Crippen molar-refractivity contribution in [1.82, 2.24) is 0 Å². The van der Waals surface area contributed by atoms with Crippen molar-refractivity contribution in [3.05, 3.63) is 69.8 Å². The molecule has 1 aromatic rings. The van der Waals surface area contributed by atoms with Crippen LogP contribution in [0.4, 0.5) is 0 Å². The fourth-order valence-electron chi connectivity index (χ4n) is 2.16. The van der Waals surface area contributed by atoms with Gasteiger partial charge in [0.2, 0.25) is 0 Å². The fraction of sp³-hybridized carbons (Fsp3) is 0.429. The lowest BCUT2D eigenvalue weighted by atomic mass is 9.98. The molecule has 0 fully saturated rings. The second-order valence-corrected chi connectivity index (χ2v) is 6.61. The molecule has 1 rings (SSSR count). The van der Waals surface area contributed by atoms with Crippen molar-refractivity contribution in [2.24, 2.45) is 0 Å². The lowest BCUT2D eigenvalue weighted by Crippen LogP contribution is -1.93. The van der Waals surface area contributed by atoms with Gasteiger partial charge in [-0.2, -0.15) is 0 Å². The Kier molecular flexibility index (Phi) is 7.22. The number of benzene rings is 1. The summed E-state index contributed by atoms with van der Waals surface area (Å²) in [5.74, 6) is 0. The minimum absolute atomic E-state index is 1.03. The molecule has 0 aromatic heterocycles. The van der Waals surface area contributed by atoms with Gasteiger partial charge in [-0.05, 0) is 77.5 Å². The Bertz CT molecular complexity index is 448. The van der Waals surface area contributed by atoms with Gasteiger partial charge in [0.05, 0.1) is 0 Å². The van der Waals surface area contributed by atoms with Crippen LogP contribution in [-0.4, -0.2) is 0 Å². The lowest BCUT2D eigenvalue weighted by Gasteiger charge is -2.08. The maximum Gasteiger partial charge on any atom is -0.00948 e. The molecular weight excluding hydrogens is 252 g/mol. The van der Waals surface area contributed by atoms with Crippen molar-refractivity contribution >= 4 is 0 Å². The van der Waals surface area contributed by atoms with E-state index in [0.717, 1.165) is 19.3 Å². The summed E-state index contributed by atoms with van der Waals surface area (Å²) in [7, 11) is 0. The van der Waals surface area contributed by atoms with Gasteiger partial charge in [0, 0.05) is 0 Å². The molecule has 0 heteroatoms. The topological polar surface area (TPSA) is 0 Å². The fourth-order valence-corrected chi connectivity index (χ4v) is 2.16. The molecule has 0 heterocycles. The van der Waals surface area contributed by atoms with Crippen LogP contribution in [0.2, 0.25) is 0 Å². The zero-order valence-electron chi connectivity index (χ0n) is 14.6. The van der Waals surface area contributed by atoms with Gasteiger partial charge in [-0.1, -0.05) is 53.1 Å². The van der Waals surface area contributed by atoms with Crippen molar-refractivity contribution in [3.8, 4) is 0 Å². The van der Waals surface area contributed by atoms with Gasteiger partial charge < -0.3 is 0 Å². The Morgan fingerprint density at radius 2 is 0.810 bits per heavy atom. The molecule has 0 unspecified atom stereocenters. The maximum absolute atomic E-state index is 2.35. The summed E-state index contributed by atoms with van der Waals surface area (Å²) >= 11 is 0. The monoisotopic (exact) mass is 282 g/mol. The Morgan fingerprint density at radius 1 is 0.571 bits per heavy atom. The molecule has 0 saturated heterocycles. The van der Waals surface area contributed by atoms with E-state index in [4.69, 9.17) is 0 Å². The van der Waals surface area contributed by atoms with Crippen LogP contribution in [0, 0.1) is 0 Å². The van der Waals surface area contributed by atoms with Crippen molar-refractivity contribution in [1.29, 1.82) is 0 Å². The molecule has 0 saturated carbocycles. The van der Waals surface area contributed by atoms with E-state index >= 15 is 0 Å². The van der Waals surface area contributed by atoms with Crippen molar-refractivity contribution in [3.63, 3.8) is 0 Å². The molecule has 1 aromatic carbocycles. The zero-order valence-corrected chi connectivity index (χ0v) is 14.6. The molecule has 0 nitrogen and oxygen atoms in total. The quantitative estimate of drug-likeness (QED) is 0.544.